The number of rotatable bonds is 2. The average Bonchev–Trinajstić information content (AvgIpc) is 2.48. The van der Waals surface area contributed by atoms with Crippen molar-refractivity contribution in [2.75, 3.05) is 11.4 Å². The molecule has 2 unspecified atom stereocenters. The van der Waals surface area contributed by atoms with Crippen molar-refractivity contribution in [3.63, 3.8) is 0 Å². The van der Waals surface area contributed by atoms with Crippen molar-refractivity contribution in [2.24, 2.45) is 11.7 Å². The van der Waals surface area contributed by atoms with Crippen LogP contribution in [-0.2, 0) is 0 Å². The van der Waals surface area contributed by atoms with Crippen LogP contribution in [0.25, 0.3) is 10.9 Å². The van der Waals surface area contributed by atoms with E-state index in [0.717, 1.165) is 35.2 Å². The molecule has 0 spiro atoms. The van der Waals surface area contributed by atoms with E-state index in [1.165, 1.54) is 6.42 Å². The molecule has 21 heavy (non-hydrogen) atoms. The minimum absolute atomic E-state index is 0.0914. The first-order valence-corrected chi connectivity index (χ1v) is 7.57. The van der Waals surface area contributed by atoms with Gasteiger partial charge in [-0.05, 0) is 37.8 Å². The van der Waals surface area contributed by atoms with E-state index in [1.807, 2.05) is 30.3 Å². The molecule has 0 bridgehead atoms. The highest BCUT2D eigenvalue weighted by Crippen LogP contribution is 2.30. The Morgan fingerprint density at radius 2 is 2.05 bits per heavy atom. The molecule has 4 nitrogen and oxygen atoms in total. The van der Waals surface area contributed by atoms with Gasteiger partial charge in [0.05, 0.1) is 11.1 Å². The van der Waals surface area contributed by atoms with E-state index in [9.17, 15) is 0 Å². The Kier molecular flexibility index (Phi) is 3.53. The topological polar surface area (TPSA) is 66.0 Å². The molecule has 1 saturated heterocycles. The summed E-state index contributed by atoms with van der Waals surface area (Å²) in [7, 11) is 0. The van der Waals surface area contributed by atoms with E-state index < -0.39 is 0 Å². The van der Waals surface area contributed by atoms with Crippen LogP contribution >= 0.6 is 0 Å². The monoisotopic (exact) mass is 282 g/mol. The SMILES string of the molecule is CC1CCC(C)N(c2nc3ccccc3cc2C(=N)N)C1. The van der Waals surface area contributed by atoms with Gasteiger partial charge >= 0.3 is 0 Å². The number of pyridine rings is 1. The van der Waals surface area contributed by atoms with E-state index >= 15 is 0 Å². The number of para-hydroxylation sites is 1. The van der Waals surface area contributed by atoms with Gasteiger partial charge in [-0.15, -0.1) is 0 Å². The lowest BCUT2D eigenvalue weighted by Gasteiger charge is -2.38. The van der Waals surface area contributed by atoms with Crippen LogP contribution in [0.4, 0.5) is 5.82 Å². The average molecular weight is 282 g/mol. The van der Waals surface area contributed by atoms with Crippen LogP contribution in [0.1, 0.15) is 32.3 Å². The number of nitrogens with one attached hydrogen (secondary N) is 1. The molecule has 1 fully saturated rings. The van der Waals surface area contributed by atoms with Gasteiger partial charge in [0, 0.05) is 18.0 Å². The quantitative estimate of drug-likeness (QED) is 0.657. The highest BCUT2D eigenvalue weighted by molar-refractivity contribution is 6.03. The third-order valence-electron chi connectivity index (χ3n) is 4.38. The predicted octanol–water partition coefficient (Wildman–Crippen LogP) is 3.14. The first kappa shape index (κ1) is 13.9. The lowest BCUT2D eigenvalue weighted by molar-refractivity contribution is 0.388. The number of nitrogen functional groups attached to an aromatic ring is 1. The number of hydrogen-bond acceptors (Lipinski definition) is 3. The summed E-state index contributed by atoms with van der Waals surface area (Å²) < 4.78 is 0. The Labute approximate surface area is 125 Å². The Balaban J connectivity index is 2.15. The second-order valence-electron chi connectivity index (χ2n) is 6.15. The van der Waals surface area contributed by atoms with Crippen molar-refractivity contribution in [1.82, 2.24) is 4.98 Å². The van der Waals surface area contributed by atoms with Crippen LogP contribution in [0, 0.1) is 11.3 Å². The zero-order chi connectivity index (χ0) is 15.0. The van der Waals surface area contributed by atoms with E-state index in [-0.39, 0.29) is 5.84 Å². The Bertz CT molecular complexity index is 680. The number of benzene rings is 1. The Hall–Kier alpha value is -2.10. The van der Waals surface area contributed by atoms with Crippen LogP contribution in [-0.4, -0.2) is 23.4 Å². The minimum Gasteiger partial charge on any atom is -0.384 e. The van der Waals surface area contributed by atoms with Crippen molar-refractivity contribution in [3.05, 3.63) is 35.9 Å². The summed E-state index contributed by atoms with van der Waals surface area (Å²) in [6.07, 6.45) is 2.41. The van der Waals surface area contributed by atoms with Crippen LogP contribution in [0.3, 0.4) is 0 Å². The third-order valence-corrected chi connectivity index (χ3v) is 4.38. The van der Waals surface area contributed by atoms with Gasteiger partial charge in [-0.1, -0.05) is 25.1 Å². The van der Waals surface area contributed by atoms with Crippen molar-refractivity contribution in [2.45, 2.75) is 32.7 Å². The summed E-state index contributed by atoms with van der Waals surface area (Å²) in [5, 5.41) is 8.93. The molecule has 4 heteroatoms. The van der Waals surface area contributed by atoms with Gasteiger partial charge in [-0.25, -0.2) is 4.98 Å². The molecular formula is C17H22N4. The molecule has 1 aromatic carbocycles. The third kappa shape index (κ3) is 2.58. The molecule has 1 aliphatic rings. The highest BCUT2D eigenvalue weighted by Gasteiger charge is 2.26. The first-order valence-electron chi connectivity index (χ1n) is 7.57. The lowest BCUT2D eigenvalue weighted by Crippen LogP contribution is -2.42. The lowest BCUT2D eigenvalue weighted by atomic mass is 9.94. The molecule has 1 aromatic heterocycles. The van der Waals surface area contributed by atoms with Crippen molar-refractivity contribution >= 4 is 22.6 Å². The summed E-state index contributed by atoms with van der Waals surface area (Å²) in [4.78, 5) is 7.13. The maximum atomic E-state index is 7.90. The molecule has 3 N–H and O–H groups in total. The maximum absolute atomic E-state index is 7.90. The standard InChI is InChI=1S/C17H22N4/c1-11-7-8-12(2)21(10-11)17-14(16(18)19)9-13-5-3-4-6-15(13)20-17/h3-6,9,11-12H,7-8,10H2,1-2H3,(H3,18,19). The van der Waals surface area contributed by atoms with Gasteiger partial charge in [0.25, 0.3) is 0 Å². The summed E-state index contributed by atoms with van der Waals surface area (Å²) >= 11 is 0. The number of fused-ring (bicyclic) bond motifs is 1. The van der Waals surface area contributed by atoms with Crippen LogP contribution in [0.15, 0.2) is 30.3 Å². The van der Waals surface area contributed by atoms with Crippen molar-refractivity contribution < 1.29 is 0 Å². The van der Waals surface area contributed by atoms with Gasteiger partial charge < -0.3 is 10.6 Å². The predicted molar refractivity (Wildman–Crippen MR) is 88.0 cm³/mol. The first-order chi connectivity index (χ1) is 10.1. The zero-order valence-corrected chi connectivity index (χ0v) is 12.6. The summed E-state index contributed by atoms with van der Waals surface area (Å²) in [5.74, 6) is 1.60. The van der Waals surface area contributed by atoms with Crippen molar-refractivity contribution in [3.8, 4) is 0 Å². The summed E-state index contributed by atoms with van der Waals surface area (Å²) in [5.41, 5.74) is 7.52. The molecule has 0 aliphatic carbocycles. The maximum Gasteiger partial charge on any atom is 0.140 e. The molecule has 2 heterocycles. The molecule has 2 atom stereocenters. The number of amidine groups is 1. The van der Waals surface area contributed by atoms with E-state index in [4.69, 9.17) is 16.1 Å². The summed E-state index contributed by atoms with van der Waals surface area (Å²) in [6.45, 7) is 5.48. The van der Waals surface area contributed by atoms with E-state index in [1.54, 1.807) is 0 Å². The van der Waals surface area contributed by atoms with Gasteiger partial charge in [0.15, 0.2) is 0 Å². The Morgan fingerprint density at radius 3 is 2.81 bits per heavy atom. The number of aromatic nitrogens is 1. The fourth-order valence-corrected chi connectivity index (χ4v) is 3.11. The fourth-order valence-electron chi connectivity index (χ4n) is 3.11. The normalized spacial score (nSPS) is 22.5. The molecule has 110 valence electrons. The molecule has 0 saturated carbocycles. The number of anilines is 1. The number of hydrogen-bond donors (Lipinski definition) is 2. The van der Waals surface area contributed by atoms with E-state index in [0.29, 0.717) is 12.0 Å². The van der Waals surface area contributed by atoms with Crippen LogP contribution in [0.2, 0.25) is 0 Å². The van der Waals surface area contributed by atoms with Crippen LogP contribution < -0.4 is 10.6 Å². The molecule has 0 amide bonds. The van der Waals surface area contributed by atoms with Gasteiger partial charge in [0.1, 0.15) is 11.7 Å². The van der Waals surface area contributed by atoms with Crippen LogP contribution in [0.5, 0.6) is 0 Å². The second-order valence-corrected chi connectivity index (χ2v) is 6.15. The molecule has 1 aliphatic heterocycles. The zero-order valence-electron chi connectivity index (χ0n) is 12.6. The fraction of sp³-hybridized carbons (Fsp3) is 0.412. The van der Waals surface area contributed by atoms with Crippen molar-refractivity contribution in [1.29, 1.82) is 5.41 Å². The minimum atomic E-state index is 0.0914. The van der Waals surface area contributed by atoms with E-state index in [2.05, 4.69) is 18.7 Å². The molecule has 2 aromatic rings. The molecule has 0 radical (unpaired) electrons. The number of piperidine rings is 1. The molecule has 3 rings (SSSR count). The van der Waals surface area contributed by atoms with Gasteiger partial charge in [-0.2, -0.15) is 0 Å². The summed E-state index contributed by atoms with van der Waals surface area (Å²) in [6, 6.07) is 10.4. The Morgan fingerprint density at radius 1 is 1.29 bits per heavy atom. The number of nitrogens with zero attached hydrogens (tertiary/aromatic N) is 2. The largest absolute Gasteiger partial charge is 0.384 e. The number of nitrogens with two attached hydrogens (primary N) is 1. The second kappa shape index (κ2) is 5.35. The van der Waals surface area contributed by atoms with Gasteiger partial charge in [-0.3, -0.25) is 5.41 Å². The van der Waals surface area contributed by atoms with Gasteiger partial charge in [0.2, 0.25) is 0 Å². The highest BCUT2D eigenvalue weighted by atomic mass is 15.2. The smallest absolute Gasteiger partial charge is 0.140 e. The molecular weight excluding hydrogens is 260 g/mol.